The summed E-state index contributed by atoms with van der Waals surface area (Å²) < 4.78 is 5.78. The summed E-state index contributed by atoms with van der Waals surface area (Å²) in [7, 11) is 0. The minimum Gasteiger partial charge on any atom is -0.457 e. The number of ether oxygens (including phenoxy) is 1. The van der Waals surface area contributed by atoms with Crippen LogP contribution in [0.4, 0.5) is 0 Å². The highest BCUT2D eigenvalue weighted by Gasteiger charge is 2.12. The van der Waals surface area contributed by atoms with E-state index in [1.165, 1.54) is 6.21 Å². The first-order chi connectivity index (χ1) is 12.8. The van der Waals surface area contributed by atoms with Crippen molar-refractivity contribution < 1.29 is 9.53 Å². The molecule has 3 rings (SSSR count). The van der Waals surface area contributed by atoms with Gasteiger partial charge in [0.2, 0.25) is 0 Å². The zero-order valence-corrected chi connectivity index (χ0v) is 13.8. The van der Waals surface area contributed by atoms with Gasteiger partial charge in [0.25, 0.3) is 5.91 Å². The molecule has 0 aliphatic rings. The average Bonchev–Trinajstić information content (AvgIpc) is 2.69. The molecule has 3 aromatic carbocycles. The molecule has 1 amide bonds. The second-order valence-corrected chi connectivity index (χ2v) is 5.31. The lowest BCUT2D eigenvalue weighted by Crippen LogP contribution is -2.18. The summed E-state index contributed by atoms with van der Waals surface area (Å²) in [6.45, 7) is 0. The Morgan fingerprint density at radius 3 is 2.46 bits per heavy atom. The Kier molecular flexibility index (Phi) is 5.38. The number of nitriles is 1. The van der Waals surface area contributed by atoms with Gasteiger partial charge in [0.1, 0.15) is 11.5 Å². The van der Waals surface area contributed by atoms with Crippen LogP contribution in [0, 0.1) is 11.3 Å². The lowest BCUT2D eigenvalue weighted by atomic mass is 10.1. The number of carbonyl (C=O) groups is 1. The highest BCUT2D eigenvalue weighted by atomic mass is 16.5. The Hall–Kier alpha value is -3.91. The van der Waals surface area contributed by atoms with Gasteiger partial charge >= 0.3 is 0 Å². The number of hydrogen-bond donors (Lipinski definition) is 1. The first kappa shape index (κ1) is 16.9. The van der Waals surface area contributed by atoms with Crippen molar-refractivity contribution in [2.45, 2.75) is 0 Å². The Labute approximate surface area is 151 Å². The first-order valence-electron chi connectivity index (χ1n) is 7.92. The summed E-state index contributed by atoms with van der Waals surface area (Å²) in [4.78, 5) is 12.4. The van der Waals surface area contributed by atoms with Crippen molar-refractivity contribution in [3.05, 3.63) is 95.6 Å². The molecule has 0 atom stereocenters. The van der Waals surface area contributed by atoms with Gasteiger partial charge in [-0.1, -0.05) is 48.5 Å². The summed E-state index contributed by atoms with van der Waals surface area (Å²) >= 11 is 0. The summed E-state index contributed by atoms with van der Waals surface area (Å²) in [5, 5.41) is 13.0. The number of rotatable bonds is 5. The lowest BCUT2D eigenvalue weighted by molar-refractivity contribution is 0.0953. The maximum absolute atomic E-state index is 12.4. The molecule has 0 saturated heterocycles. The fraction of sp³-hybridized carbons (Fsp3) is 0. The molecule has 0 fully saturated rings. The summed E-state index contributed by atoms with van der Waals surface area (Å²) in [6.07, 6.45) is 1.44. The van der Waals surface area contributed by atoms with E-state index in [1.54, 1.807) is 48.5 Å². The molecule has 0 unspecified atom stereocenters. The smallest absolute Gasteiger partial charge is 0.275 e. The summed E-state index contributed by atoms with van der Waals surface area (Å²) in [5.74, 6) is 0.672. The molecule has 3 aromatic rings. The van der Waals surface area contributed by atoms with Crippen LogP contribution in [-0.4, -0.2) is 12.1 Å². The first-order valence-corrected chi connectivity index (χ1v) is 7.92. The maximum atomic E-state index is 12.4. The van der Waals surface area contributed by atoms with E-state index >= 15 is 0 Å². The molecule has 0 saturated carbocycles. The van der Waals surface area contributed by atoms with Crippen LogP contribution in [0.15, 0.2) is 84.0 Å². The average molecular weight is 341 g/mol. The van der Waals surface area contributed by atoms with Gasteiger partial charge in [-0.3, -0.25) is 4.79 Å². The van der Waals surface area contributed by atoms with Crippen molar-refractivity contribution in [3.63, 3.8) is 0 Å². The molecule has 0 radical (unpaired) electrons. The molecular formula is C21H15N3O2. The van der Waals surface area contributed by atoms with Crippen molar-refractivity contribution in [2.24, 2.45) is 5.10 Å². The highest BCUT2D eigenvalue weighted by Crippen LogP contribution is 2.24. The van der Waals surface area contributed by atoms with E-state index in [0.717, 1.165) is 0 Å². The fourth-order valence-corrected chi connectivity index (χ4v) is 2.29. The van der Waals surface area contributed by atoms with Crippen LogP contribution in [0.5, 0.6) is 11.5 Å². The largest absolute Gasteiger partial charge is 0.457 e. The number of nitrogens with one attached hydrogen (secondary N) is 1. The van der Waals surface area contributed by atoms with Crippen molar-refractivity contribution in [1.82, 2.24) is 5.43 Å². The lowest BCUT2D eigenvalue weighted by Gasteiger charge is -2.09. The van der Waals surface area contributed by atoms with Gasteiger partial charge in [-0.2, -0.15) is 10.4 Å². The molecule has 26 heavy (non-hydrogen) atoms. The van der Waals surface area contributed by atoms with Crippen molar-refractivity contribution in [3.8, 4) is 17.6 Å². The quantitative estimate of drug-likeness (QED) is 0.560. The van der Waals surface area contributed by atoms with Crippen LogP contribution >= 0.6 is 0 Å². The van der Waals surface area contributed by atoms with Crippen LogP contribution in [0.25, 0.3) is 0 Å². The van der Waals surface area contributed by atoms with Crippen LogP contribution < -0.4 is 10.2 Å². The highest BCUT2D eigenvalue weighted by molar-refractivity contribution is 5.97. The zero-order chi connectivity index (χ0) is 18.2. The predicted octanol–water partition coefficient (Wildman–Crippen LogP) is 4.11. The van der Waals surface area contributed by atoms with E-state index in [4.69, 9.17) is 10.00 Å². The Morgan fingerprint density at radius 2 is 1.65 bits per heavy atom. The Balaban J connectivity index is 1.74. The molecule has 0 bridgehead atoms. The minimum absolute atomic E-state index is 0.363. The minimum atomic E-state index is -0.401. The number of para-hydroxylation sites is 2. The number of amides is 1. The van der Waals surface area contributed by atoms with E-state index in [0.29, 0.717) is 28.2 Å². The van der Waals surface area contributed by atoms with E-state index in [9.17, 15) is 4.79 Å². The zero-order valence-electron chi connectivity index (χ0n) is 13.8. The topological polar surface area (TPSA) is 74.5 Å². The van der Waals surface area contributed by atoms with Crippen molar-refractivity contribution in [1.29, 1.82) is 5.26 Å². The van der Waals surface area contributed by atoms with Gasteiger partial charge < -0.3 is 4.74 Å². The molecule has 0 aliphatic carbocycles. The van der Waals surface area contributed by atoms with Crippen LogP contribution in [0.1, 0.15) is 21.5 Å². The summed E-state index contributed by atoms with van der Waals surface area (Å²) in [5.41, 5.74) is 3.94. The maximum Gasteiger partial charge on any atom is 0.275 e. The standard InChI is InChI=1S/C21H15N3O2/c22-14-16-8-4-5-9-17(16)15-23-24-21(25)19-12-6-7-13-20(19)26-18-10-2-1-3-11-18/h1-13,15H,(H,24,25)/b23-15+. The summed E-state index contributed by atoms with van der Waals surface area (Å²) in [6, 6.07) is 25.2. The number of nitrogens with zero attached hydrogens (tertiary/aromatic N) is 2. The van der Waals surface area contributed by atoms with Crippen LogP contribution in [0.3, 0.4) is 0 Å². The number of carbonyl (C=O) groups excluding carboxylic acids is 1. The van der Waals surface area contributed by atoms with Gasteiger partial charge in [-0.25, -0.2) is 5.43 Å². The third kappa shape index (κ3) is 4.13. The Bertz CT molecular complexity index is 976. The monoisotopic (exact) mass is 341 g/mol. The van der Waals surface area contributed by atoms with Gasteiger partial charge in [0, 0.05) is 5.56 Å². The molecule has 0 aliphatic heterocycles. The SMILES string of the molecule is N#Cc1ccccc1/C=N/NC(=O)c1ccccc1Oc1ccccc1. The van der Waals surface area contributed by atoms with Crippen molar-refractivity contribution in [2.75, 3.05) is 0 Å². The Morgan fingerprint density at radius 1 is 0.962 bits per heavy atom. The van der Waals surface area contributed by atoms with Crippen LogP contribution in [-0.2, 0) is 0 Å². The van der Waals surface area contributed by atoms with E-state index in [2.05, 4.69) is 16.6 Å². The van der Waals surface area contributed by atoms with Gasteiger partial charge in [-0.15, -0.1) is 0 Å². The van der Waals surface area contributed by atoms with E-state index < -0.39 is 5.91 Å². The third-order valence-corrected chi connectivity index (χ3v) is 3.55. The number of hydrazone groups is 1. The molecule has 0 heterocycles. The van der Waals surface area contributed by atoms with E-state index in [1.807, 2.05) is 30.3 Å². The second kappa shape index (κ2) is 8.27. The van der Waals surface area contributed by atoms with E-state index in [-0.39, 0.29) is 0 Å². The van der Waals surface area contributed by atoms with Crippen LogP contribution in [0.2, 0.25) is 0 Å². The predicted molar refractivity (Wildman–Crippen MR) is 99.2 cm³/mol. The molecular weight excluding hydrogens is 326 g/mol. The fourth-order valence-electron chi connectivity index (χ4n) is 2.29. The van der Waals surface area contributed by atoms with Gasteiger partial charge in [0.05, 0.1) is 23.4 Å². The third-order valence-electron chi connectivity index (χ3n) is 3.55. The second-order valence-electron chi connectivity index (χ2n) is 5.31. The molecule has 0 spiro atoms. The molecule has 5 heteroatoms. The molecule has 126 valence electrons. The molecule has 5 nitrogen and oxygen atoms in total. The molecule has 1 N–H and O–H groups in total. The number of benzene rings is 3. The normalized spacial score (nSPS) is 10.3. The van der Waals surface area contributed by atoms with Gasteiger partial charge in [0.15, 0.2) is 0 Å². The molecule has 0 aromatic heterocycles. The van der Waals surface area contributed by atoms with Crippen molar-refractivity contribution >= 4 is 12.1 Å². The number of hydrogen-bond acceptors (Lipinski definition) is 4. The van der Waals surface area contributed by atoms with Gasteiger partial charge in [-0.05, 0) is 30.3 Å².